The number of nitrogens with one attached hydrogen (secondary N) is 2. The van der Waals surface area contributed by atoms with Crippen molar-refractivity contribution in [2.24, 2.45) is 0 Å². The standard InChI is InChI=1S/C11H12Cl2N2O/c12-8-2-1-7(5-9(8)13)10-6-11(16)15-4-3-14-10/h1-2,5,10,14H,3-4,6H2,(H,15,16). The van der Waals surface area contributed by atoms with Gasteiger partial charge in [0.05, 0.1) is 10.0 Å². The molecule has 5 heteroatoms. The molecule has 1 amide bonds. The van der Waals surface area contributed by atoms with Gasteiger partial charge in [0.1, 0.15) is 0 Å². The Morgan fingerprint density at radius 1 is 1.19 bits per heavy atom. The quantitative estimate of drug-likeness (QED) is 0.811. The highest BCUT2D eigenvalue weighted by Gasteiger charge is 2.18. The lowest BCUT2D eigenvalue weighted by molar-refractivity contribution is -0.121. The zero-order valence-corrected chi connectivity index (χ0v) is 10.1. The molecular weight excluding hydrogens is 247 g/mol. The van der Waals surface area contributed by atoms with Crippen molar-refractivity contribution < 1.29 is 4.79 Å². The fraction of sp³-hybridized carbons (Fsp3) is 0.364. The summed E-state index contributed by atoms with van der Waals surface area (Å²) in [6.45, 7) is 1.42. The molecule has 16 heavy (non-hydrogen) atoms. The Morgan fingerprint density at radius 2 is 2.00 bits per heavy atom. The molecule has 2 rings (SSSR count). The SMILES string of the molecule is O=C1CC(c2ccc(Cl)c(Cl)c2)NCCN1. The van der Waals surface area contributed by atoms with Crippen LogP contribution in [0.2, 0.25) is 10.0 Å². The second kappa shape index (κ2) is 5.04. The number of rotatable bonds is 1. The number of carbonyl (C=O) groups excluding carboxylic acids is 1. The first-order valence-corrected chi connectivity index (χ1v) is 5.87. The van der Waals surface area contributed by atoms with E-state index in [2.05, 4.69) is 10.6 Å². The Balaban J connectivity index is 2.21. The average molecular weight is 259 g/mol. The van der Waals surface area contributed by atoms with Crippen LogP contribution in [0.1, 0.15) is 18.0 Å². The first kappa shape index (κ1) is 11.7. The Hall–Kier alpha value is -0.770. The van der Waals surface area contributed by atoms with Crippen molar-refractivity contribution in [3.05, 3.63) is 33.8 Å². The minimum Gasteiger partial charge on any atom is -0.355 e. The summed E-state index contributed by atoms with van der Waals surface area (Å²) in [6, 6.07) is 5.46. The number of hydrogen-bond acceptors (Lipinski definition) is 2. The molecule has 0 spiro atoms. The molecule has 1 aromatic rings. The molecule has 1 aliphatic rings. The Morgan fingerprint density at radius 3 is 2.75 bits per heavy atom. The molecule has 86 valence electrons. The molecule has 1 atom stereocenters. The molecular formula is C11H12Cl2N2O. The van der Waals surface area contributed by atoms with Gasteiger partial charge in [0.15, 0.2) is 0 Å². The zero-order chi connectivity index (χ0) is 11.5. The molecule has 0 radical (unpaired) electrons. The largest absolute Gasteiger partial charge is 0.355 e. The second-order valence-electron chi connectivity index (χ2n) is 3.73. The lowest BCUT2D eigenvalue weighted by Crippen LogP contribution is -2.24. The van der Waals surface area contributed by atoms with Crippen molar-refractivity contribution >= 4 is 29.1 Å². The van der Waals surface area contributed by atoms with Crippen LogP contribution in [-0.2, 0) is 4.79 Å². The maximum absolute atomic E-state index is 11.4. The van der Waals surface area contributed by atoms with Gasteiger partial charge in [-0.3, -0.25) is 4.79 Å². The fourth-order valence-corrected chi connectivity index (χ4v) is 2.05. The summed E-state index contributed by atoms with van der Waals surface area (Å²) in [4.78, 5) is 11.4. The molecule has 0 aliphatic carbocycles. The van der Waals surface area contributed by atoms with Crippen LogP contribution in [0.3, 0.4) is 0 Å². The van der Waals surface area contributed by atoms with E-state index in [4.69, 9.17) is 23.2 Å². The first-order valence-electron chi connectivity index (χ1n) is 5.12. The Labute approximate surface area is 104 Å². The van der Waals surface area contributed by atoms with Crippen LogP contribution >= 0.6 is 23.2 Å². The van der Waals surface area contributed by atoms with Gasteiger partial charge in [0.2, 0.25) is 5.91 Å². The van der Waals surface area contributed by atoms with E-state index in [1.54, 1.807) is 12.1 Å². The third-order valence-corrected chi connectivity index (χ3v) is 3.31. The normalized spacial score (nSPS) is 21.4. The monoisotopic (exact) mass is 258 g/mol. The van der Waals surface area contributed by atoms with E-state index in [-0.39, 0.29) is 11.9 Å². The molecule has 0 bridgehead atoms. The molecule has 1 heterocycles. The number of carbonyl (C=O) groups is 1. The highest BCUT2D eigenvalue weighted by atomic mass is 35.5. The lowest BCUT2D eigenvalue weighted by Gasteiger charge is -2.15. The maximum atomic E-state index is 11.4. The van der Waals surface area contributed by atoms with Crippen LogP contribution in [0, 0.1) is 0 Å². The van der Waals surface area contributed by atoms with Crippen LogP contribution < -0.4 is 10.6 Å². The summed E-state index contributed by atoms with van der Waals surface area (Å²) in [5, 5.41) is 7.15. The van der Waals surface area contributed by atoms with E-state index in [1.807, 2.05) is 6.07 Å². The Kier molecular flexibility index (Phi) is 3.69. The molecule has 1 fully saturated rings. The molecule has 3 nitrogen and oxygen atoms in total. The number of halogens is 2. The summed E-state index contributed by atoms with van der Waals surface area (Å²) >= 11 is 11.8. The van der Waals surface area contributed by atoms with Crippen LogP contribution in [0.15, 0.2) is 18.2 Å². The van der Waals surface area contributed by atoms with Crippen LogP contribution in [0.25, 0.3) is 0 Å². The highest BCUT2D eigenvalue weighted by molar-refractivity contribution is 6.42. The predicted molar refractivity (Wildman–Crippen MR) is 64.8 cm³/mol. The lowest BCUT2D eigenvalue weighted by atomic mass is 10.0. The van der Waals surface area contributed by atoms with Gasteiger partial charge in [-0.05, 0) is 17.7 Å². The first-order chi connectivity index (χ1) is 7.66. The maximum Gasteiger partial charge on any atom is 0.221 e. The topological polar surface area (TPSA) is 41.1 Å². The van der Waals surface area contributed by atoms with Crippen molar-refractivity contribution in [3.63, 3.8) is 0 Å². The van der Waals surface area contributed by atoms with E-state index in [1.165, 1.54) is 0 Å². The summed E-state index contributed by atoms with van der Waals surface area (Å²) in [7, 11) is 0. The molecule has 1 aliphatic heterocycles. The van der Waals surface area contributed by atoms with Crippen molar-refractivity contribution in [2.75, 3.05) is 13.1 Å². The molecule has 1 saturated heterocycles. The minimum absolute atomic E-state index is 0.0114. The second-order valence-corrected chi connectivity index (χ2v) is 4.55. The smallest absolute Gasteiger partial charge is 0.221 e. The van der Waals surface area contributed by atoms with Crippen molar-refractivity contribution in [1.29, 1.82) is 0 Å². The van der Waals surface area contributed by atoms with Crippen LogP contribution in [0.4, 0.5) is 0 Å². The fourth-order valence-electron chi connectivity index (χ4n) is 1.74. The number of hydrogen-bond donors (Lipinski definition) is 2. The Bertz CT molecular complexity index is 409. The molecule has 2 N–H and O–H groups in total. The highest BCUT2D eigenvalue weighted by Crippen LogP contribution is 2.27. The number of benzene rings is 1. The van der Waals surface area contributed by atoms with Gasteiger partial charge >= 0.3 is 0 Å². The van der Waals surface area contributed by atoms with E-state index in [0.717, 1.165) is 12.1 Å². The van der Waals surface area contributed by atoms with Gasteiger partial charge < -0.3 is 10.6 Å². The van der Waals surface area contributed by atoms with E-state index in [9.17, 15) is 4.79 Å². The van der Waals surface area contributed by atoms with Gasteiger partial charge in [-0.25, -0.2) is 0 Å². The third-order valence-electron chi connectivity index (χ3n) is 2.57. The van der Waals surface area contributed by atoms with Gasteiger partial charge in [-0.15, -0.1) is 0 Å². The van der Waals surface area contributed by atoms with Gasteiger partial charge in [0, 0.05) is 25.6 Å². The molecule has 1 aromatic carbocycles. The average Bonchev–Trinajstić information content (AvgIpc) is 2.47. The van der Waals surface area contributed by atoms with E-state index >= 15 is 0 Å². The number of amides is 1. The van der Waals surface area contributed by atoms with Crippen LogP contribution in [-0.4, -0.2) is 19.0 Å². The molecule has 0 aromatic heterocycles. The summed E-state index contributed by atoms with van der Waals surface area (Å²) < 4.78 is 0. The third kappa shape index (κ3) is 2.67. The van der Waals surface area contributed by atoms with Crippen LogP contribution in [0.5, 0.6) is 0 Å². The van der Waals surface area contributed by atoms with Crippen molar-refractivity contribution in [1.82, 2.24) is 10.6 Å². The van der Waals surface area contributed by atoms with E-state index < -0.39 is 0 Å². The van der Waals surface area contributed by atoms with Gasteiger partial charge in [-0.2, -0.15) is 0 Å². The summed E-state index contributed by atoms with van der Waals surface area (Å²) in [6.07, 6.45) is 0.429. The van der Waals surface area contributed by atoms with Gasteiger partial charge in [0.25, 0.3) is 0 Å². The predicted octanol–water partition coefficient (Wildman–Crippen LogP) is 2.14. The molecule has 1 unspecified atom stereocenters. The summed E-state index contributed by atoms with van der Waals surface area (Å²) in [5.74, 6) is 0.0565. The minimum atomic E-state index is 0.0114. The van der Waals surface area contributed by atoms with Crippen molar-refractivity contribution in [3.8, 4) is 0 Å². The summed E-state index contributed by atoms with van der Waals surface area (Å²) in [5.41, 5.74) is 0.992. The van der Waals surface area contributed by atoms with Gasteiger partial charge in [-0.1, -0.05) is 29.3 Å². The molecule has 0 saturated carbocycles. The van der Waals surface area contributed by atoms with Crippen molar-refractivity contribution in [2.45, 2.75) is 12.5 Å². The zero-order valence-electron chi connectivity index (χ0n) is 8.59. The van der Waals surface area contributed by atoms with E-state index in [0.29, 0.717) is 23.0 Å².